The third-order valence-electron chi connectivity index (χ3n) is 3.79. The van der Waals surface area contributed by atoms with Crippen LogP contribution < -0.4 is 10.6 Å². The third-order valence-corrected chi connectivity index (χ3v) is 3.79. The Hall–Kier alpha value is -2.29. The van der Waals surface area contributed by atoms with Gasteiger partial charge in [-0.05, 0) is 48.6 Å². The van der Waals surface area contributed by atoms with Crippen LogP contribution in [0.2, 0.25) is 0 Å². The van der Waals surface area contributed by atoms with Crippen LogP contribution >= 0.6 is 0 Å². The lowest BCUT2D eigenvalue weighted by molar-refractivity contribution is -0.119. The second kappa shape index (κ2) is 8.23. The molecule has 116 valence electrons. The first-order valence-corrected chi connectivity index (χ1v) is 7.83. The maximum absolute atomic E-state index is 11.8. The summed E-state index contributed by atoms with van der Waals surface area (Å²) in [4.78, 5) is 11.8. The number of hydrogen-bond acceptors (Lipinski definition) is 2. The highest BCUT2D eigenvalue weighted by Crippen LogP contribution is 2.09. The van der Waals surface area contributed by atoms with Crippen molar-refractivity contribution in [1.29, 1.82) is 0 Å². The highest BCUT2D eigenvalue weighted by atomic mass is 16.1. The van der Waals surface area contributed by atoms with Gasteiger partial charge in [0.25, 0.3) is 0 Å². The molecule has 2 N–H and O–H groups in total. The number of amides is 1. The summed E-state index contributed by atoms with van der Waals surface area (Å²) in [5.74, 6) is 0.0214. The minimum absolute atomic E-state index is 0.0214. The Morgan fingerprint density at radius 2 is 1.77 bits per heavy atom. The molecule has 0 aliphatic rings. The van der Waals surface area contributed by atoms with E-state index in [1.165, 1.54) is 16.7 Å². The zero-order chi connectivity index (χ0) is 15.8. The van der Waals surface area contributed by atoms with Crippen LogP contribution in [-0.2, 0) is 17.6 Å². The van der Waals surface area contributed by atoms with Gasteiger partial charge in [0.2, 0.25) is 5.91 Å². The second-order valence-electron chi connectivity index (χ2n) is 5.43. The first kappa shape index (κ1) is 16.1. The topological polar surface area (TPSA) is 41.1 Å². The monoisotopic (exact) mass is 296 g/mol. The molecule has 22 heavy (non-hydrogen) atoms. The van der Waals surface area contributed by atoms with E-state index in [0.717, 1.165) is 18.5 Å². The van der Waals surface area contributed by atoms with E-state index < -0.39 is 0 Å². The van der Waals surface area contributed by atoms with E-state index in [4.69, 9.17) is 0 Å². The molecule has 3 heteroatoms. The Morgan fingerprint density at radius 1 is 1.05 bits per heavy atom. The van der Waals surface area contributed by atoms with Crippen LogP contribution in [0.3, 0.4) is 0 Å². The summed E-state index contributed by atoms with van der Waals surface area (Å²) >= 11 is 0. The van der Waals surface area contributed by atoms with Crippen LogP contribution in [0.1, 0.15) is 23.6 Å². The zero-order valence-electron chi connectivity index (χ0n) is 13.4. The van der Waals surface area contributed by atoms with Crippen LogP contribution in [0.25, 0.3) is 0 Å². The van der Waals surface area contributed by atoms with Crippen molar-refractivity contribution in [3.05, 3.63) is 65.2 Å². The van der Waals surface area contributed by atoms with Crippen molar-refractivity contribution in [1.82, 2.24) is 5.32 Å². The highest BCUT2D eigenvalue weighted by molar-refractivity contribution is 5.80. The van der Waals surface area contributed by atoms with Crippen molar-refractivity contribution in [3.63, 3.8) is 0 Å². The highest BCUT2D eigenvalue weighted by Gasteiger charge is 2.02. The predicted octanol–water partition coefficient (Wildman–Crippen LogP) is 3.33. The molecule has 0 radical (unpaired) electrons. The fourth-order valence-corrected chi connectivity index (χ4v) is 2.33. The summed E-state index contributed by atoms with van der Waals surface area (Å²) < 4.78 is 0. The average Bonchev–Trinajstić information content (AvgIpc) is 2.55. The Bertz CT molecular complexity index is 605. The predicted molar refractivity (Wildman–Crippen MR) is 92.2 cm³/mol. The van der Waals surface area contributed by atoms with Gasteiger partial charge in [0, 0.05) is 12.2 Å². The maximum atomic E-state index is 11.8. The molecule has 2 rings (SSSR count). The first-order chi connectivity index (χ1) is 10.7. The molecule has 2 aromatic carbocycles. The largest absolute Gasteiger partial charge is 0.376 e. The molecule has 0 aliphatic carbocycles. The van der Waals surface area contributed by atoms with Gasteiger partial charge < -0.3 is 10.6 Å². The number of anilines is 1. The van der Waals surface area contributed by atoms with Crippen LogP contribution in [0.4, 0.5) is 5.69 Å². The number of carbonyl (C=O) groups excluding carboxylic acids is 1. The molecular formula is C19H24N2O. The molecule has 0 aromatic heterocycles. The van der Waals surface area contributed by atoms with E-state index in [2.05, 4.69) is 48.7 Å². The molecule has 0 saturated carbocycles. The summed E-state index contributed by atoms with van der Waals surface area (Å²) in [5.41, 5.74) is 4.83. The van der Waals surface area contributed by atoms with E-state index in [-0.39, 0.29) is 5.91 Å². The minimum Gasteiger partial charge on any atom is -0.376 e. The Labute approximate surface area is 132 Å². The molecule has 0 atom stereocenters. The number of benzene rings is 2. The zero-order valence-corrected chi connectivity index (χ0v) is 13.4. The number of aryl methyl sites for hydroxylation is 2. The van der Waals surface area contributed by atoms with Gasteiger partial charge in [-0.15, -0.1) is 0 Å². The summed E-state index contributed by atoms with van der Waals surface area (Å²) in [6.45, 7) is 5.20. The van der Waals surface area contributed by atoms with Gasteiger partial charge in [0.15, 0.2) is 0 Å². The van der Waals surface area contributed by atoms with Gasteiger partial charge in [0.05, 0.1) is 6.54 Å². The summed E-state index contributed by atoms with van der Waals surface area (Å²) in [6.07, 6.45) is 1.89. The molecule has 0 saturated heterocycles. The van der Waals surface area contributed by atoms with Crippen molar-refractivity contribution in [2.75, 3.05) is 18.4 Å². The van der Waals surface area contributed by atoms with Gasteiger partial charge in [-0.2, -0.15) is 0 Å². The van der Waals surface area contributed by atoms with Crippen molar-refractivity contribution < 1.29 is 4.79 Å². The van der Waals surface area contributed by atoms with E-state index in [0.29, 0.717) is 13.1 Å². The van der Waals surface area contributed by atoms with Gasteiger partial charge in [0.1, 0.15) is 0 Å². The van der Waals surface area contributed by atoms with E-state index in [1.807, 2.05) is 24.3 Å². The fraction of sp³-hybridized carbons (Fsp3) is 0.316. The lowest BCUT2D eigenvalue weighted by Crippen LogP contribution is -2.31. The van der Waals surface area contributed by atoms with Crippen LogP contribution in [0.5, 0.6) is 0 Å². The second-order valence-corrected chi connectivity index (χ2v) is 5.43. The molecule has 0 fully saturated rings. The molecule has 0 spiro atoms. The smallest absolute Gasteiger partial charge is 0.239 e. The molecule has 0 bridgehead atoms. The van der Waals surface area contributed by atoms with Gasteiger partial charge in [-0.1, -0.05) is 43.3 Å². The fourth-order valence-electron chi connectivity index (χ4n) is 2.33. The average molecular weight is 296 g/mol. The van der Waals surface area contributed by atoms with Gasteiger partial charge >= 0.3 is 0 Å². The summed E-state index contributed by atoms with van der Waals surface area (Å²) in [7, 11) is 0. The van der Waals surface area contributed by atoms with Gasteiger partial charge in [-0.25, -0.2) is 0 Å². The van der Waals surface area contributed by atoms with E-state index >= 15 is 0 Å². The molecule has 0 unspecified atom stereocenters. The summed E-state index contributed by atoms with van der Waals surface area (Å²) in [5, 5.41) is 6.09. The minimum atomic E-state index is 0.0214. The molecule has 3 nitrogen and oxygen atoms in total. The standard InChI is InChI=1S/C19H24N2O/c1-3-16-8-10-18(11-9-16)21-14-19(22)20-13-12-17-7-5-4-6-15(17)2/h4-11,21H,3,12-14H2,1-2H3,(H,20,22). The Morgan fingerprint density at radius 3 is 2.45 bits per heavy atom. The number of rotatable bonds is 7. The van der Waals surface area contributed by atoms with E-state index in [9.17, 15) is 4.79 Å². The number of nitrogens with one attached hydrogen (secondary N) is 2. The van der Waals surface area contributed by atoms with Crippen LogP contribution in [0.15, 0.2) is 48.5 Å². The Balaban J connectivity index is 1.70. The first-order valence-electron chi connectivity index (χ1n) is 7.83. The lowest BCUT2D eigenvalue weighted by atomic mass is 10.1. The quantitative estimate of drug-likeness (QED) is 0.823. The number of carbonyl (C=O) groups is 1. The van der Waals surface area contributed by atoms with Crippen LogP contribution in [-0.4, -0.2) is 19.0 Å². The van der Waals surface area contributed by atoms with Crippen molar-refractivity contribution in [2.45, 2.75) is 26.7 Å². The van der Waals surface area contributed by atoms with E-state index in [1.54, 1.807) is 0 Å². The normalized spacial score (nSPS) is 10.3. The van der Waals surface area contributed by atoms with Crippen LogP contribution in [0, 0.1) is 6.92 Å². The molecule has 2 aromatic rings. The van der Waals surface area contributed by atoms with Crippen molar-refractivity contribution in [2.24, 2.45) is 0 Å². The lowest BCUT2D eigenvalue weighted by Gasteiger charge is -2.09. The van der Waals surface area contributed by atoms with Crippen molar-refractivity contribution in [3.8, 4) is 0 Å². The maximum Gasteiger partial charge on any atom is 0.239 e. The summed E-state index contributed by atoms with van der Waals surface area (Å²) in [6, 6.07) is 16.5. The van der Waals surface area contributed by atoms with Gasteiger partial charge in [-0.3, -0.25) is 4.79 Å². The SMILES string of the molecule is CCc1ccc(NCC(=O)NCCc2ccccc2C)cc1. The molecule has 1 amide bonds. The van der Waals surface area contributed by atoms with Crippen molar-refractivity contribution >= 4 is 11.6 Å². The molecular weight excluding hydrogens is 272 g/mol. The molecule has 0 heterocycles. The number of hydrogen-bond donors (Lipinski definition) is 2. The molecule has 0 aliphatic heterocycles. The third kappa shape index (κ3) is 4.92. The Kier molecular flexibility index (Phi) is 6.01.